The van der Waals surface area contributed by atoms with Gasteiger partial charge < -0.3 is 26.2 Å². The zero-order chi connectivity index (χ0) is 23.8. The molecule has 34 heavy (non-hydrogen) atoms. The number of likely N-dealkylation sites (tertiary alicyclic amines) is 1. The third kappa shape index (κ3) is 4.08. The fourth-order valence-corrected chi connectivity index (χ4v) is 6.58. The second-order valence-corrected chi connectivity index (χ2v) is 11.3. The van der Waals surface area contributed by atoms with Crippen LogP contribution in [-0.2, 0) is 4.79 Å². The molecule has 7 heteroatoms. The number of allylic oxidation sites excluding steroid dienone is 1. The molecule has 1 saturated heterocycles. The van der Waals surface area contributed by atoms with Crippen LogP contribution >= 0.6 is 0 Å². The van der Waals surface area contributed by atoms with Crippen molar-refractivity contribution in [2.45, 2.75) is 64.7 Å². The van der Waals surface area contributed by atoms with Crippen molar-refractivity contribution in [2.75, 3.05) is 36.8 Å². The normalized spacial score (nSPS) is 33.6. The summed E-state index contributed by atoms with van der Waals surface area (Å²) in [4.78, 5) is 20.7. The Morgan fingerprint density at radius 1 is 1.15 bits per heavy atom. The summed E-state index contributed by atoms with van der Waals surface area (Å²) in [5.74, 6) is -0.711. The van der Waals surface area contributed by atoms with Crippen molar-refractivity contribution in [3.8, 4) is 0 Å². The minimum absolute atomic E-state index is 0.116. The van der Waals surface area contributed by atoms with Gasteiger partial charge in [-0.3, -0.25) is 4.79 Å². The molecular formula is C27H40N6O. The molecule has 2 saturated carbocycles. The van der Waals surface area contributed by atoms with E-state index in [-0.39, 0.29) is 22.8 Å². The Kier molecular flexibility index (Phi) is 6.09. The Labute approximate surface area is 203 Å². The van der Waals surface area contributed by atoms with Gasteiger partial charge in [-0.2, -0.15) is 0 Å². The lowest BCUT2D eigenvalue weighted by atomic mass is 9.69. The summed E-state index contributed by atoms with van der Waals surface area (Å²) in [5, 5.41) is 13.4. The van der Waals surface area contributed by atoms with Crippen molar-refractivity contribution < 1.29 is 4.79 Å². The fraction of sp³-hybridized carbons (Fsp3) is 0.630. The van der Waals surface area contributed by atoms with E-state index in [4.69, 9.17) is 0 Å². The lowest BCUT2D eigenvalue weighted by Gasteiger charge is -2.41. The van der Waals surface area contributed by atoms with Crippen LogP contribution in [0.15, 0.2) is 41.5 Å². The molecule has 2 aliphatic carbocycles. The van der Waals surface area contributed by atoms with Crippen LogP contribution < -0.4 is 21.3 Å². The van der Waals surface area contributed by atoms with Crippen LogP contribution in [0.2, 0.25) is 0 Å². The molecular weight excluding hydrogens is 424 g/mol. The molecule has 5 rings (SSSR count). The molecule has 4 N–H and O–H groups in total. The quantitative estimate of drug-likeness (QED) is 0.471. The molecule has 1 aromatic carbocycles. The number of anilines is 2. The summed E-state index contributed by atoms with van der Waals surface area (Å²) in [7, 11) is 0. The number of carbonyl (C=O) groups is 1. The number of benzene rings is 1. The van der Waals surface area contributed by atoms with Gasteiger partial charge in [-0.15, -0.1) is 0 Å². The molecule has 2 bridgehead atoms. The van der Waals surface area contributed by atoms with E-state index in [1.165, 1.54) is 38.8 Å². The van der Waals surface area contributed by atoms with Gasteiger partial charge in [0, 0.05) is 42.9 Å². The van der Waals surface area contributed by atoms with Crippen LogP contribution in [0, 0.1) is 16.7 Å². The summed E-state index contributed by atoms with van der Waals surface area (Å²) in [6.07, 6.45) is 11.4. The van der Waals surface area contributed by atoms with Crippen LogP contribution in [0.25, 0.3) is 0 Å². The Morgan fingerprint density at radius 2 is 1.88 bits per heavy atom. The molecule has 184 valence electrons. The van der Waals surface area contributed by atoms with Crippen LogP contribution in [0.4, 0.5) is 11.4 Å². The number of nitrogens with zero attached hydrogens (tertiary/aromatic N) is 2. The first-order valence-electron chi connectivity index (χ1n) is 13.0. The van der Waals surface area contributed by atoms with Crippen molar-refractivity contribution >= 4 is 23.5 Å². The minimum Gasteiger partial charge on any atom is -0.384 e. The third-order valence-electron chi connectivity index (χ3n) is 9.34. The highest BCUT2D eigenvalue weighted by Gasteiger charge is 2.62. The van der Waals surface area contributed by atoms with Crippen LogP contribution in [0.5, 0.6) is 0 Å². The van der Waals surface area contributed by atoms with Gasteiger partial charge in [-0.1, -0.05) is 20.8 Å². The van der Waals surface area contributed by atoms with E-state index in [0.717, 1.165) is 30.9 Å². The molecule has 0 aromatic heterocycles. The zero-order valence-corrected chi connectivity index (χ0v) is 20.9. The predicted octanol–water partition coefficient (Wildman–Crippen LogP) is 3.78. The molecule has 3 fully saturated rings. The van der Waals surface area contributed by atoms with Gasteiger partial charge in [0.2, 0.25) is 0 Å². The van der Waals surface area contributed by atoms with Gasteiger partial charge >= 0.3 is 0 Å². The van der Waals surface area contributed by atoms with E-state index >= 15 is 0 Å². The maximum absolute atomic E-state index is 13.6. The first-order chi connectivity index (χ1) is 16.3. The maximum Gasteiger partial charge on any atom is 0.290 e. The van der Waals surface area contributed by atoms with E-state index in [9.17, 15) is 4.79 Å². The monoisotopic (exact) mass is 464 g/mol. The number of carbonyl (C=O) groups excluding carboxylic acids is 1. The second kappa shape index (κ2) is 8.91. The average molecular weight is 465 g/mol. The molecule has 2 aliphatic heterocycles. The summed E-state index contributed by atoms with van der Waals surface area (Å²) < 4.78 is 0. The van der Waals surface area contributed by atoms with Gasteiger partial charge in [0.15, 0.2) is 0 Å². The van der Waals surface area contributed by atoms with E-state index in [2.05, 4.69) is 64.1 Å². The SMILES string of the molecule is CC1(C)C2CCC1(C)C(NC(=O)C1(Nc3ccc(NCCN4CCCC4)cc3)N=CC=CN1)C2. The van der Waals surface area contributed by atoms with E-state index < -0.39 is 5.79 Å². The van der Waals surface area contributed by atoms with Crippen LogP contribution in [-0.4, -0.2) is 55.0 Å². The Balaban J connectivity index is 1.23. The van der Waals surface area contributed by atoms with E-state index in [1.54, 1.807) is 12.4 Å². The lowest BCUT2D eigenvalue weighted by Crippen LogP contribution is -2.63. The van der Waals surface area contributed by atoms with Crippen molar-refractivity contribution in [3.63, 3.8) is 0 Å². The fourth-order valence-electron chi connectivity index (χ4n) is 6.58. The van der Waals surface area contributed by atoms with Crippen molar-refractivity contribution in [1.82, 2.24) is 15.5 Å². The molecule has 0 spiro atoms. The van der Waals surface area contributed by atoms with Crippen LogP contribution in [0.1, 0.15) is 52.9 Å². The Bertz CT molecular complexity index is 950. The highest BCUT2D eigenvalue weighted by Crippen LogP contribution is 2.65. The first-order valence-corrected chi connectivity index (χ1v) is 13.0. The van der Waals surface area contributed by atoms with E-state index in [0.29, 0.717) is 5.92 Å². The molecule has 1 amide bonds. The number of hydrogen-bond acceptors (Lipinski definition) is 6. The predicted molar refractivity (Wildman–Crippen MR) is 139 cm³/mol. The number of hydrogen-bond donors (Lipinski definition) is 4. The maximum atomic E-state index is 13.6. The molecule has 0 radical (unpaired) electrons. The summed E-state index contributed by atoms with van der Waals surface area (Å²) in [5.41, 5.74) is 2.29. The van der Waals surface area contributed by atoms with Gasteiger partial charge in [0.25, 0.3) is 11.7 Å². The third-order valence-corrected chi connectivity index (χ3v) is 9.34. The second-order valence-electron chi connectivity index (χ2n) is 11.3. The van der Waals surface area contributed by atoms with Crippen molar-refractivity contribution in [1.29, 1.82) is 0 Å². The Morgan fingerprint density at radius 3 is 2.50 bits per heavy atom. The van der Waals surface area contributed by atoms with Gasteiger partial charge in [-0.25, -0.2) is 4.99 Å². The highest BCUT2D eigenvalue weighted by molar-refractivity contribution is 5.92. The number of amides is 1. The lowest BCUT2D eigenvalue weighted by molar-refractivity contribution is -0.127. The standard InChI is InChI=1S/C27H40N6O/c1-25(2)20-11-12-26(25,3)23(19-20)31-24(34)27(29-13-6-14-30-27)32-22-9-7-21(8-10-22)28-15-18-33-16-4-5-17-33/h6-10,13-14,20,23,28-29,32H,4-5,11-12,15-19H2,1-3H3,(H,31,34). The molecule has 4 aliphatic rings. The minimum atomic E-state index is -1.25. The molecule has 4 atom stereocenters. The Hall–Kier alpha value is -2.54. The smallest absolute Gasteiger partial charge is 0.290 e. The molecule has 2 heterocycles. The average Bonchev–Trinajstić information content (AvgIpc) is 3.47. The van der Waals surface area contributed by atoms with Gasteiger partial charge in [0.05, 0.1) is 0 Å². The van der Waals surface area contributed by atoms with Crippen molar-refractivity contribution in [3.05, 3.63) is 36.5 Å². The summed E-state index contributed by atoms with van der Waals surface area (Å²) >= 11 is 0. The highest BCUT2D eigenvalue weighted by atomic mass is 16.2. The van der Waals surface area contributed by atoms with Crippen molar-refractivity contribution in [2.24, 2.45) is 21.7 Å². The first kappa shape index (κ1) is 23.2. The molecule has 4 unspecified atom stereocenters. The summed E-state index contributed by atoms with van der Waals surface area (Å²) in [6.45, 7) is 11.5. The zero-order valence-electron chi connectivity index (χ0n) is 20.9. The molecule has 1 aromatic rings. The summed E-state index contributed by atoms with van der Waals surface area (Å²) in [6, 6.07) is 8.28. The van der Waals surface area contributed by atoms with Gasteiger partial charge in [-0.05, 0) is 92.3 Å². The number of rotatable bonds is 8. The number of aliphatic imine (C=N–C) groups is 1. The molecule has 7 nitrogen and oxygen atoms in total. The van der Waals surface area contributed by atoms with Gasteiger partial charge in [0.1, 0.15) is 0 Å². The van der Waals surface area contributed by atoms with Crippen LogP contribution in [0.3, 0.4) is 0 Å². The number of nitrogens with one attached hydrogen (secondary N) is 4. The largest absolute Gasteiger partial charge is 0.384 e. The number of fused-ring (bicyclic) bond motifs is 2. The van der Waals surface area contributed by atoms with E-state index in [1.807, 2.05) is 18.2 Å². The topological polar surface area (TPSA) is 80.8 Å².